The molecule has 222 valence electrons. The number of cyclic esters (lactones) is 1. The monoisotopic (exact) mass is 568 g/mol. The molecule has 9 heteroatoms. The SMILES string of the molecule is CC=C(C)C(=O)OC1C2C=C3C4CC(=O)OC(c5ccoc5)C4(C)CCC3C3(C)C(CC(=O)OC)C1(C)COC23O. The van der Waals surface area contributed by atoms with Gasteiger partial charge in [-0.25, -0.2) is 4.79 Å². The van der Waals surface area contributed by atoms with Gasteiger partial charge in [-0.2, -0.15) is 0 Å². The number of hydrogen-bond acceptors (Lipinski definition) is 9. The van der Waals surface area contributed by atoms with Crippen molar-refractivity contribution in [2.45, 2.75) is 78.3 Å². The van der Waals surface area contributed by atoms with E-state index in [-0.39, 0.29) is 37.3 Å². The predicted octanol–water partition coefficient (Wildman–Crippen LogP) is 4.66. The zero-order chi connectivity index (χ0) is 29.5. The topological polar surface area (TPSA) is 122 Å². The molecule has 4 bridgehead atoms. The zero-order valence-corrected chi connectivity index (χ0v) is 24.6. The molecule has 6 aliphatic rings. The van der Waals surface area contributed by atoms with E-state index in [4.69, 9.17) is 23.4 Å². The highest BCUT2D eigenvalue weighted by Crippen LogP contribution is 2.74. The molecule has 1 aromatic rings. The van der Waals surface area contributed by atoms with E-state index in [1.165, 1.54) is 7.11 Å². The summed E-state index contributed by atoms with van der Waals surface area (Å²) in [4.78, 5) is 39.2. The minimum Gasteiger partial charge on any atom is -0.472 e. The van der Waals surface area contributed by atoms with Gasteiger partial charge >= 0.3 is 17.9 Å². The minimum absolute atomic E-state index is 0.0456. The number of methoxy groups -OCH3 is 1. The molecule has 1 N–H and O–H groups in total. The van der Waals surface area contributed by atoms with Crippen molar-refractivity contribution in [3.8, 4) is 0 Å². The fourth-order valence-electron chi connectivity index (χ4n) is 9.25. The number of allylic oxidation sites excluding steroid dienone is 2. The van der Waals surface area contributed by atoms with Crippen LogP contribution in [0.3, 0.4) is 0 Å². The van der Waals surface area contributed by atoms with Crippen molar-refractivity contribution in [3.63, 3.8) is 0 Å². The van der Waals surface area contributed by atoms with Gasteiger partial charge in [0.2, 0.25) is 0 Å². The number of hydrogen-bond donors (Lipinski definition) is 1. The van der Waals surface area contributed by atoms with Crippen molar-refractivity contribution in [2.75, 3.05) is 13.7 Å². The molecule has 4 heterocycles. The Balaban J connectivity index is 1.52. The third-order valence-electron chi connectivity index (χ3n) is 11.6. The van der Waals surface area contributed by atoms with E-state index in [0.29, 0.717) is 12.0 Å². The van der Waals surface area contributed by atoms with Gasteiger partial charge < -0.3 is 28.5 Å². The van der Waals surface area contributed by atoms with Crippen molar-refractivity contribution >= 4 is 17.9 Å². The molecule has 5 fully saturated rings. The van der Waals surface area contributed by atoms with Crippen LogP contribution in [0.25, 0.3) is 0 Å². The van der Waals surface area contributed by atoms with Crippen molar-refractivity contribution in [2.24, 2.45) is 39.9 Å². The summed E-state index contributed by atoms with van der Waals surface area (Å²) in [5, 5.41) is 12.5. The molecule has 9 nitrogen and oxygen atoms in total. The van der Waals surface area contributed by atoms with Gasteiger partial charge in [0.05, 0.1) is 38.6 Å². The minimum atomic E-state index is -1.68. The highest BCUT2D eigenvalue weighted by atomic mass is 16.6. The summed E-state index contributed by atoms with van der Waals surface area (Å²) in [7, 11) is 1.36. The summed E-state index contributed by atoms with van der Waals surface area (Å²) in [6.45, 7) is 9.76. The van der Waals surface area contributed by atoms with Crippen LogP contribution in [0.2, 0.25) is 0 Å². The van der Waals surface area contributed by atoms with E-state index in [2.05, 4.69) is 6.92 Å². The van der Waals surface area contributed by atoms with Crippen LogP contribution in [0.1, 0.15) is 72.0 Å². The molecule has 41 heavy (non-hydrogen) atoms. The first-order valence-corrected chi connectivity index (χ1v) is 14.5. The Bertz CT molecular complexity index is 1330. The molecule has 7 rings (SSSR count). The number of carbonyl (C=O) groups is 3. The summed E-state index contributed by atoms with van der Waals surface area (Å²) in [5.74, 6) is -4.28. The van der Waals surface area contributed by atoms with Gasteiger partial charge in [-0.1, -0.05) is 38.5 Å². The van der Waals surface area contributed by atoms with Crippen molar-refractivity contribution in [1.82, 2.24) is 0 Å². The molecule has 0 aromatic carbocycles. The Morgan fingerprint density at radius 3 is 2.61 bits per heavy atom. The maximum atomic E-state index is 13.2. The van der Waals surface area contributed by atoms with Crippen molar-refractivity contribution in [3.05, 3.63) is 47.5 Å². The first kappa shape index (κ1) is 28.2. The molecule has 3 aliphatic heterocycles. The molecule has 2 saturated carbocycles. The lowest BCUT2D eigenvalue weighted by Crippen LogP contribution is -2.80. The molecule has 3 aliphatic carbocycles. The zero-order valence-electron chi connectivity index (χ0n) is 24.6. The van der Waals surface area contributed by atoms with Crippen LogP contribution in [0.15, 0.2) is 46.3 Å². The standard InChI is InChI=1S/C32H40O9/c1-7-17(2)28(35)41-27-22-12-19-20(31(5)23(14-24(33)37-6)30(27,4)16-39-32(22,31)36)8-10-29(3)21(19)13-25(34)40-26(29)18-9-11-38-15-18/h7,9,11-12,15,20-23,26-27,36H,8,10,13-14,16H2,1-6H3. The molecule has 0 amide bonds. The Labute approximate surface area is 240 Å². The molecular weight excluding hydrogens is 528 g/mol. The summed E-state index contributed by atoms with van der Waals surface area (Å²) in [6.07, 6.45) is 7.40. The van der Waals surface area contributed by atoms with Crippen molar-refractivity contribution in [1.29, 1.82) is 0 Å². The first-order valence-electron chi connectivity index (χ1n) is 14.5. The van der Waals surface area contributed by atoms with E-state index in [0.717, 1.165) is 17.6 Å². The third kappa shape index (κ3) is 3.63. The molecular formula is C32H40O9. The summed E-state index contributed by atoms with van der Waals surface area (Å²) >= 11 is 0. The van der Waals surface area contributed by atoms with Crippen LogP contribution in [-0.2, 0) is 33.3 Å². The quantitative estimate of drug-likeness (QED) is 0.234. The average molecular weight is 569 g/mol. The normalized spacial score (nSPS) is 44.7. The fraction of sp³-hybridized carbons (Fsp3) is 0.656. The molecule has 0 spiro atoms. The van der Waals surface area contributed by atoms with E-state index in [1.807, 2.05) is 26.0 Å². The van der Waals surface area contributed by atoms with Gasteiger partial charge in [0.15, 0.2) is 5.79 Å². The largest absolute Gasteiger partial charge is 0.472 e. The highest BCUT2D eigenvalue weighted by Gasteiger charge is 2.79. The van der Waals surface area contributed by atoms with Crippen LogP contribution in [-0.4, -0.2) is 48.6 Å². The van der Waals surface area contributed by atoms with E-state index in [9.17, 15) is 19.5 Å². The van der Waals surface area contributed by atoms with Gasteiger partial charge in [0.1, 0.15) is 12.2 Å². The Hall–Kier alpha value is -2.91. The second-order valence-electron chi connectivity index (χ2n) is 13.4. The van der Waals surface area contributed by atoms with Gasteiger partial charge in [-0.05, 0) is 50.5 Å². The van der Waals surface area contributed by atoms with E-state index < -0.39 is 58.0 Å². The summed E-state index contributed by atoms with van der Waals surface area (Å²) in [6, 6.07) is 1.84. The van der Waals surface area contributed by atoms with Crippen LogP contribution in [0, 0.1) is 39.9 Å². The number of esters is 3. The smallest absolute Gasteiger partial charge is 0.333 e. The first-order chi connectivity index (χ1) is 19.3. The third-order valence-corrected chi connectivity index (χ3v) is 11.6. The Kier molecular flexibility index (Phi) is 6.40. The maximum Gasteiger partial charge on any atom is 0.333 e. The van der Waals surface area contributed by atoms with Gasteiger partial charge in [0, 0.05) is 33.8 Å². The molecule has 1 aromatic heterocycles. The number of ether oxygens (including phenoxy) is 4. The van der Waals surface area contributed by atoms with Gasteiger partial charge in [-0.15, -0.1) is 0 Å². The van der Waals surface area contributed by atoms with Crippen LogP contribution in [0.4, 0.5) is 0 Å². The predicted molar refractivity (Wildman–Crippen MR) is 145 cm³/mol. The fourth-order valence-corrected chi connectivity index (χ4v) is 9.25. The lowest BCUT2D eigenvalue weighted by Gasteiger charge is -2.73. The van der Waals surface area contributed by atoms with Gasteiger partial charge in [-0.3, -0.25) is 9.59 Å². The summed E-state index contributed by atoms with van der Waals surface area (Å²) < 4.78 is 29.0. The number of fused-ring (bicyclic) bond motifs is 4. The molecule has 10 unspecified atom stereocenters. The number of aliphatic hydroxyl groups is 1. The number of rotatable bonds is 5. The molecule has 10 atom stereocenters. The molecule has 3 saturated heterocycles. The lowest BCUT2D eigenvalue weighted by molar-refractivity contribution is -0.427. The molecule has 0 radical (unpaired) electrons. The lowest BCUT2D eigenvalue weighted by atomic mass is 9.37. The Morgan fingerprint density at radius 1 is 1.20 bits per heavy atom. The Morgan fingerprint density at radius 2 is 1.95 bits per heavy atom. The van der Waals surface area contributed by atoms with Crippen LogP contribution in [0.5, 0.6) is 0 Å². The average Bonchev–Trinajstić information content (AvgIpc) is 3.48. The number of furan rings is 1. The van der Waals surface area contributed by atoms with Gasteiger partial charge in [0.25, 0.3) is 0 Å². The second kappa shape index (κ2) is 9.30. The van der Waals surface area contributed by atoms with E-state index >= 15 is 0 Å². The highest BCUT2D eigenvalue weighted by molar-refractivity contribution is 5.87. The van der Waals surface area contributed by atoms with Crippen LogP contribution < -0.4 is 0 Å². The maximum absolute atomic E-state index is 13.2. The van der Waals surface area contributed by atoms with E-state index in [1.54, 1.807) is 32.4 Å². The van der Waals surface area contributed by atoms with Crippen LogP contribution >= 0.6 is 0 Å². The van der Waals surface area contributed by atoms with Crippen molar-refractivity contribution < 1.29 is 42.9 Å². The second-order valence-corrected chi connectivity index (χ2v) is 13.4. The number of carbonyl (C=O) groups excluding carboxylic acids is 3. The summed E-state index contributed by atoms with van der Waals surface area (Å²) in [5.41, 5.74) is 0.231.